The summed E-state index contributed by atoms with van der Waals surface area (Å²) in [6.07, 6.45) is 2.81. The lowest BCUT2D eigenvalue weighted by Crippen LogP contribution is -2.31. The Labute approximate surface area is 168 Å². The van der Waals surface area contributed by atoms with Crippen LogP contribution in [0.25, 0.3) is 0 Å². The van der Waals surface area contributed by atoms with Gasteiger partial charge in [0.1, 0.15) is 11.6 Å². The van der Waals surface area contributed by atoms with Gasteiger partial charge in [0.15, 0.2) is 5.76 Å². The highest BCUT2D eigenvalue weighted by Gasteiger charge is 2.27. The van der Waals surface area contributed by atoms with E-state index in [2.05, 4.69) is 29.3 Å². The summed E-state index contributed by atoms with van der Waals surface area (Å²) in [7, 11) is 0. The van der Waals surface area contributed by atoms with Crippen molar-refractivity contribution < 1.29 is 18.0 Å². The Morgan fingerprint density at radius 1 is 1.17 bits per heavy atom. The van der Waals surface area contributed by atoms with E-state index in [4.69, 9.17) is 4.42 Å². The van der Waals surface area contributed by atoms with Crippen LogP contribution < -0.4 is 10.2 Å². The van der Waals surface area contributed by atoms with Crippen molar-refractivity contribution in [3.63, 3.8) is 0 Å². The van der Waals surface area contributed by atoms with Gasteiger partial charge in [0.2, 0.25) is 0 Å². The topological polar surface area (TPSA) is 45.5 Å². The van der Waals surface area contributed by atoms with Gasteiger partial charge in [-0.05, 0) is 55.2 Å². The van der Waals surface area contributed by atoms with Crippen LogP contribution in [0.3, 0.4) is 0 Å². The summed E-state index contributed by atoms with van der Waals surface area (Å²) >= 11 is 0. The summed E-state index contributed by atoms with van der Waals surface area (Å²) in [6, 6.07) is 13.8. The first-order valence-corrected chi connectivity index (χ1v) is 9.65. The molecule has 1 amide bonds. The normalized spacial score (nSPS) is 15.4. The van der Waals surface area contributed by atoms with Gasteiger partial charge in [-0.1, -0.05) is 18.2 Å². The van der Waals surface area contributed by atoms with Crippen molar-refractivity contribution in [2.45, 2.75) is 32.4 Å². The number of para-hydroxylation sites is 1. The Kier molecular flexibility index (Phi) is 5.34. The molecular formula is C23H22F2N2O2. The third kappa shape index (κ3) is 4.16. The molecular weight excluding hydrogens is 374 g/mol. The smallest absolute Gasteiger partial charge is 0.287 e. The second-order valence-corrected chi connectivity index (χ2v) is 7.37. The molecule has 1 unspecified atom stereocenters. The van der Waals surface area contributed by atoms with Crippen LogP contribution in [-0.2, 0) is 19.4 Å². The van der Waals surface area contributed by atoms with Gasteiger partial charge in [-0.15, -0.1) is 0 Å². The Balaban J connectivity index is 1.40. The zero-order valence-corrected chi connectivity index (χ0v) is 16.1. The zero-order chi connectivity index (χ0) is 20.4. The quantitative estimate of drug-likeness (QED) is 0.668. The van der Waals surface area contributed by atoms with Gasteiger partial charge < -0.3 is 14.6 Å². The number of rotatable bonds is 6. The van der Waals surface area contributed by atoms with Crippen LogP contribution in [0.15, 0.2) is 59.2 Å². The van der Waals surface area contributed by atoms with E-state index >= 15 is 0 Å². The first kappa shape index (κ1) is 19.2. The lowest BCUT2D eigenvalue weighted by Gasteiger charge is -2.24. The van der Waals surface area contributed by atoms with Crippen LogP contribution in [0.5, 0.6) is 0 Å². The van der Waals surface area contributed by atoms with E-state index in [9.17, 15) is 13.6 Å². The van der Waals surface area contributed by atoms with Gasteiger partial charge in [0.05, 0.1) is 6.26 Å². The SMILES string of the molecule is CC1Cc2ccccc2N1Cc1ccoc1C(=O)NCCc1cc(F)cc(F)c1. The third-order valence-electron chi connectivity index (χ3n) is 5.26. The molecule has 150 valence electrons. The van der Waals surface area contributed by atoms with Gasteiger partial charge >= 0.3 is 0 Å². The van der Waals surface area contributed by atoms with Crippen LogP contribution in [0, 0.1) is 11.6 Å². The number of amides is 1. The van der Waals surface area contributed by atoms with Crippen molar-refractivity contribution in [1.29, 1.82) is 0 Å². The zero-order valence-electron chi connectivity index (χ0n) is 16.1. The van der Waals surface area contributed by atoms with E-state index in [1.807, 2.05) is 18.2 Å². The minimum atomic E-state index is -0.625. The predicted octanol–water partition coefficient (Wildman–Crippen LogP) is 4.48. The largest absolute Gasteiger partial charge is 0.459 e. The molecule has 0 saturated carbocycles. The van der Waals surface area contributed by atoms with Crippen LogP contribution in [0.4, 0.5) is 14.5 Å². The molecule has 4 rings (SSSR count). The van der Waals surface area contributed by atoms with E-state index in [1.54, 1.807) is 0 Å². The molecule has 1 aliphatic rings. The summed E-state index contributed by atoms with van der Waals surface area (Å²) in [4.78, 5) is 14.9. The molecule has 29 heavy (non-hydrogen) atoms. The molecule has 0 radical (unpaired) electrons. The average molecular weight is 396 g/mol. The molecule has 3 aromatic rings. The number of benzene rings is 2. The number of hydrogen-bond acceptors (Lipinski definition) is 3. The van der Waals surface area contributed by atoms with E-state index < -0.39 is 11.6 Å². The molecule has 0 spiro atoms. The van der Waals surface area contributed by atoms with Gasteiger partial charge in [0.25, 0.3) is 5.91 Å². The summed E-state index contributed by atoms with van der Waals surface area (Å²) in [5.41, 5.74) is 3.78. The van der Waals surface area contributed by atoms with Crippen molar-refractivity contribution in [2.75, 3.05) is 11.4 Å². The van der Waals surface area contributed by atoms with E-state index in [0.29, 0.717) is 24.6 Å². The second kappa shape index (κ2) is 8.07. The average Bonchev–Trinajstić information content (AvgIpc) is 3.26. The van der Waals surface area contributed by atoms with Crippen molar-refractivity contribution in [3.05, 3.63) is 88.9 Å². The van der Waals surface area contributed by atoms with E-state index in [0.717, 1.165) is 18.1 Å². The standard InChI is InChI=1S/C23H22F2N2O2/c1-15-10-17-4-2-3-5-21(17)27(15)14-18-7-9-29-22(18)23(28)26-8-6-16-11-19(24)13-20(25)12-16/h2-5,7,9,11-13,15H,6,8,10,14H2,1H3,(H,26,28). The predicted molar refractivity (Wildman–Crippen MR) is 107 cm³/mol. The summed E-state index contributed by atoms with van der Waals surface area (Å²) in [5.74, 6) is -1.31. The minimum Gasteiger partial charge on any atom is -0.459 e. The molecule has 4 nitrogen and oxygen atoms in total. The number of anilines is 1. The van der Waals surface area contributed by atoms with Crippen molar-refractivity contribution in [1.82, 2.24) is 5.32 Å². The molecule has 1 aliphatic heterocycles. The summed E-state index contributed by atoms with van der Waals surface area (Å²) in [5, 5.41) is 2.77. The molecule has 6 heteroatoms. The number of carbonyl (C=O) groups is 1. The number of furan rings is 1. The van der Waals surface area contributed by atoms with Crippen LogP contribution >= 0.6 is 0 Å². The molecule has 2 heterocycles. The summed E-state index contributed by atoms with van der Waals surface area (Å²) < 4.78 is 32.0. The maximum atomic E-state index is 13.3. The fourth-order valence-electron chi connectivity index (χ4n) is 3.87. The van der Waals surface area contributed by atoms with E-state index in [-0.39, 0.29) is 18.2 Å². The van der Waals surface area contributed by atoms with Gasteiger partial charge in [-0.3, -0.25) is 4.79 Å². The number of fused-ring (bicyclic) bond motifs is 1. The highest BCUT2D eigenvalue weighted by molar-refractivity contribution is 5.93. The molecule has 1 N–H and O–H groups in total. The Bertz CT molecular complexity index is 1010. The maximum Gasteiger partial charge on any atom is 0.287 e. The second-order valence-electron chi connectivity index (χ2n) is 7.37. The number of halogens is 2. The highest BCUT2D eigenvalue weighted by atomic mass is 19.1. The fraction of sp³-hybridized carbons (Fsp3) is 0.261. The minimum absolute atomic E-state index is 0.255. The highest BCUT2D eigenvalue weighted by Crippen LogP contribution is 2.33. The first-order valence-electron chi connectivity index (χ1n) is 9.65. The van der Waals surface area contributed by atoms with Gasteiger partial charge in [0, 0.05) is 36.4 Å². The Hall–Kier alpha value is -3.15. The lowest BCUT2D eigenvalue weighted by molar-refractivity contribution is 0.0925. The number of nitrogens with zero attached hydrogens (tertiary/aromatic N) is 1. The Morgan fingerprint density at radius 3 is 2.72 bits per heavy atom. The number of nitrogens with one attached hydrogen (secondary N) is 1. The van der Waals surface area contributed by atoms with Crippen LogP contribution in [0.2, 0.25) is 0 Å². The molecule has 1 atom stereocenters. The lowest BCUT2D eigenvalue weighted by atomic mass is 10.1. The van der Waals surface area contributed by atoms with Gasteiger partial charge in [-0.2, -0.15) is 0 Å². The van der Waals surface area contributed by atoms with Gasteiger partial charge in [-0.25, -0.2) is 8.78 Å². The Morgan fingerprint density at radius 2 is 1.93 bits per heavy atom. The maximum absolute atomic E-state index is 13.3. The van der Waals surface area contributed by atoms with Crippen LogP contribution in [-0.4, -0.2) is 18.5 Å². The molecule has 2 aromatic carbocycles. The molecule has 1 aromatic heterocycles. The molecule has 0 fully saturated rings. The van der Waals surface area contributed by atoms with Crippen molar-refractivity contribution >= 4 is 11.6 Å². The molecule has 0 bridgehead atoms. The van der Waals surface area contributed by atoms with Crippen molar-refractivity contribution in [2.24, 2.45) is 0 Å². The third-order valence-corrected chi connectivity index (χ3v) is 5.26. The number of hydrogen-bond donors (Lipinski definition) is 1. The van der Waals surface area contributed by atoms with Crippen LogP contribution in [0.1, 0.15) is 34.2 Å². The first-order chi connectivity index (χ1) is 14.0. The number of carbonyl (C=O) groups excluding carboxylic acids is 1. The van der Waals surface area contributed by atoms with E-state index in [1.165, 1.54) is 29.6 Å². The summed E-state index contributed by atoms with van der Waals surface area (Å²) in [6.45, 7) is 3.00. The molecule has 0 saturated heterocycles. The monoisotopic (exact) mass is 396 g/mol. The van der Waals surface area contributed by atoms with Crippen molar-refractivity contribution in [3.8, 4) is 0 Å². The molecule has 0 aliphatic carbocycles. The fourth-order valence-corrected chi connectivity index (χ4v) is 3.87.